The number of carbonyl (C=O) groups excluding carboxylic acids is 2. The second-order valence-corrected chi connectivity index (χ2v) is 7.45. The van der Waals surface area contributed by atoms with Crippen LogP contribution in [-0.4, -0.2) is 40.9 Å². The van der Waals surface area contributed by atoms with Crippen LogP contribution in [0.5, 0.6) is 0 Å². The first-order valence-corrected chi connectivity index (χ1v) is 10.1. The van der Waals surface area contributed by atoms with E-state index in [1.807, 2.05) is 74.5 Å². The summed E-state index contributed by atoms with van der Waals surface area (Å²) in [5, 5.41) is 0. The van der Waals surface area contributed by atoms with Crippen LogP contribution >= 0.6 is 0 Å². The fraction of sp³-hybridized carbons (Fsp3) is 0.391. The first-order chi connectivity index (χ1) is 14.0. The molecular formula is C23H29N3O3. The van der Waals surface area contributed by atoms with Crippen LogP contribution < -0.4 is 5.48 Å². The lowest BCUT2D eigenvalue weighted by Gasteiger charge is -2.26. The molecule has 1 aliphatic heterocycles. The molecular weight excluding hydrogens is 366 g/mol. The van der Waals surface area contributed by atoms with Crippen LogP contribution in [0.3, 0.4) is 0 Å². The third kappa shape index (κ3) is 4.83. The van der Waals surface area contributed by atoms with Gasteiger partial charge in [-0.3, -0.25) is 14.5 Å². The molecule has 1 fully saturated rings. The van der Waals surface area contributed by atoms with Crippen LogP contribution in [0, 0.1) is 0 Å². The number of hydrogen-bond acceptors (Lipinski definition) is 4. The molecule has 0 radical (unpaired) electrons. The Labute approximate surface area is 172 Å². The summed E-state index contributed by atoms with van der Waals surface area (Å²) in [6, 6.07) is 18.8. The van der Waals surface area contributed by atoms with Gasteiger partial charge in [-0.2, -0.15) is 5.48 Å². The average molecular weight is 396 g/mol. The number of likely N-dealkylation sites (N-methyl/N-ethyl adjacent to an activating group) is 1. The fourth-order valence-corrected chi connectivity index (χ4v) is 3.63. The molecule has 1 N–H and O–H groups in total. The van der Waals surface area contributed by atoms with Gasteiger partial charge in [-0.05, 0) is 24.5 Å². The average Bonchev–Trinajstić information content (AvgIpc) is 2.98. The van der Waals surface area contributed by atoms with Crippen molar-refractivity contribution < 1.29 is 14.4 Å². The minimum Gasteiger partial charge on any atom is -0.322 e. The normalized spacial score (nSPS) is 20.2. The van der Waals surface area contributed by atoms with Crippen LogP contribution in [0.1, 0.15) is 43.9 Å². The Kier molecular flexibility index (Phi) is 7.01. The zero-order valence-corrected chi connectivity index (χ0v) is 17.2. The standard InChI is InChI=1S/C23H29N3O3/c1-4-20(24-29-16-18-11-7-5-8-12-18)15-21(27)26-22(17(2)25(3)23(26)28)19-13-9-6-10-14-19/h5-14,17,20,22,24H,4,15-16H2,1-3H3/t17-,20+,22-/m0/s1. The number of hydroxylamine groups is 1. The summed E-state index contributed by atoms with van der Waals surface area (Å²) in [4.78, 5) is 34.5. The Morgan fingerprint density at radius 3 is 2.34 bits per heavy atom. The molecule has 1 heterocycles. The molecule has 0 saturated carbocycles. The Bertz CT molecular complexity index is 813. The molecule has 29 heavy (non-hydrogen) atoms. The summed E-state index contributed by atoms with van der Waals surface area (Å²) >= 11 is 0. The first-order valence-electron chi connectivity index (χ1n) is 10.1. The number of rotatable bonds is 8. The van der Waals surface area contributed by atoms with Gasteiger partial charge in [-0.25, -0.2) is 4.79 Å². The van der Waals surface area contributed by atoms with Crippen molar-refractivity contribution in [1.29, 1.82) is 0 Å². The number of imide groups is 1. The van der Waals surface area contributed by atoms with Gasteiger partial charge in [0.1, 0.15) is 0 Å². The molecule has 0 aliphatic carbocycles. The number of urea groups is 1. The molecule has 0 unspecified atom stereocenters. The smallest absolute Gasteiger partial charge is 0.322 e. The lowest BCUT2D eigenvalue weighted by molar-refractivity contribution is -0.131. The van der Waals surface area contributed by atoms with Crippen molar-refractivity contribution in [3.63, 3.8) is 0 Å². The van der Waals surface area contributed by atoms with Gasteiger partial charge in [0, 0.05) is 19.5 Å². The molecule has 3 rings (SSSR count). The number of nitrogens with zero attached hydrogens (tertiary/aromatic N) is 2. The van der Waals surface area contributed by atoms with Crippen LogP contribution in [0.25, 0.3) is 0 Å². The molecule has 3 atom stereocenters. The summed E-state index contributed by atoms with van der Waals surface area (Å²) in [5.74, 6) is -0.192. The third-order valence-corrected chi connectivity index (χ3v) is 5.51. The zero-order valence-electron chi connectivity index (χ0n) is 17.2. The van der Waals surface area contributed by atoms with Gasteiger partial charge in [0.05, 0.1) is 18.7 Å². The molecule has 0 spiro atoms. The number of carbonyl (C=O) groups is 2. The van der Waals surface area contributed by atoms with Crippen LogP contribution in [0.15, 0.2) is 60.7 Å². The molecule has 6 heteroatoms. The second-order valence-electron chi connectivity index (χ2n) is 7.45. The van der Waals surface area contributed by atoms with Gasteiger partial charge in [0.25, 0.3) is 0 Å². The monoisotopic (exact) mass is 395 g/mol. The zero-order chi connectivity index (χ0) is 20.8. The van der Waals surface area contributed by atoms with Crippen LogP contribution in [-0.2, 0) is 16.2 Å². The maximum atomic E-state index is 13.1. The molecule has 1 aliphatic rings. The Morgan fingerprint density at radius 1 is 1.10 bits per heavy atom. The van der Waals surface area contributed by atoms with E-state index in [0.717, 1.165) is 11.1 Å². The van der Waals surface area contributed by atoms with Crippen LogP contribution in [0.2, 0.25) is 0 Å². The maximum Gasteiger partial charge on any atom is 0.327 e. The highest BCUT2D eigenvalue weighted by molar-refractivity contribution is 5.97. The van der Waals surface area contributed by atoms with Gasteiger partial charge in [-0.15, -0.1) is 0 Å². The molecule has 0 bridgehead atoms. The Balaban J connectivity index is 1.65. The number of hydrogen-bond donors (Lipinski definition) is 1. The first kappa shape index (κ1) is 21.0. The van der Waals surface area contributed by atoms with Gasteiger partial charge >= 0.3 is 6.03 Å². The van der Waals surface area contributed by atoms with Crippen molar-refractivity contribution in [3.8, 4) is 0 Å². The minimum atomic E-state index is -0.288. The molecule has 2 aromatic carbocycles. The maximum absolute atomic E-state index is 13.1. The van der Waals surface area contributed by atoms with E-state index in [-0.39, 0.29) is 36.5 Å². The van der Waals surface area contributed by atoms with E-state index >= 15 is 0 Å². The van der Waals surface area contributed by atoms with E-state index in [4.69, 9.17) is 4.84 Å². The Hall–Kier alpha value is -2.70. The molecule has 154 valence electrons. The highest BCUT2D eigenvalue weighted by atomic mass is 16.6. The lowest BCUT2D eigenvalue weighted by atomic mass is 9.99. The van der Waals surface area contributed by atoms with Crippen molar-refractivity contribution in [2.45, 2.75) is 51.4 Å². The highest BCUT2D eigenvalue weighted by Gasteiger charge is 2.45. The van der Waals surface area contributed by atoms with Crippen molar-refractivity contribution in [1.82, 2.24) is 15.3 Å². The summed E-state index contributed by atoms with van der Waals surface area (Å²) < 4.78 is 0. The molecule has 0 aromatic heterocycles. The van der Waals surface area contributed by atoms with Crippen LogP contribution in [0.4, 0.5) is 4.79 Å². The largest absolute Gasteiger partial charge is 0.327 e. The quantitative estimate of drug-likeness (QED) is 0.689. The SMILES string of the molecule is CC[C@H](CC(=O)N1C(=O)N(C)[C@@H](C)[C@H]1c1ccccc1)NOCc1ccccc1. The van der Waals surface area contributed by atoms with E-state index in [9.17, 15) is 9.59 Å². The van der Waals surface area contributed by atoms with E-state index in [2.05, 4.69) is 5.48 Å². The summed E-state index contributed by atoms with van der Waals surface area (Å²) in [5.41, 5.74) is 5.01. The van der Waals surface area contributed by atoms with Crippen molar-refractivity contribution in [2.24, 2.45) is 0 Å². The summed E-state index contributed by atoms with van der Waals surface area (Å²) in [7, 11) is 1.74. The minimum absolute atomic E-state index is 0.0868. The summed E-state index contributed by atoms with van der Waals surface area (Å²) in [6.45, 7) is 4.38. The van der Waals surface area contributed by atoms with Crippen molar-refractivity contribution in [3.05, 3.63) is 71.8 Å². The molecule has 6 nitrogen and oxygen atoms in total. The van der Waals surface area contributed by atoms with Gasteiger partial charge < -0.3 is 4.90 Å². The van der Waals surface area contributed by atoms with E-state index in [1.165, 1.54) is 4.90 Å². The number of nitrogens with one attached hydrogen (secondary N) is 1. The predicted octanol–water partition coefficient (Wildman–Crippen LogP) is 3.90. The fourth-order valence-electron chi connectivity index (χ4n) is 3.63. The molecule has 3 amide bonds. The van der Waals surface area contributed by atoms with Crippen molar-refractivity contribution in [2.75, 3.05) is 7.05 Å². The van der Waals surface area contributed by atoms with Crippen molar-refractivity contribution >= 4 is 11.9 Å². The predicted molar refractivity (Wildman–Crippen MR) is 112 cm³/mol. The number of benzene rings is 2. The second kappa shape index (κ2) is 9.67. The number of amides is 3. The van der Waals surface area contributed by atoms with E-state index in [1.54, 1.807) is 11.9 Å². The topological polar surface area (TPSA) is 61.9 Å². The highest BCUT2D eigenvalue weighted by Crippen LogP contribution is 2.35. The van der Waals surface area contributed by atoms with E-state index in [0.29, 0.717) is 13.0 Å². The third-order valence-electron chi connectivity index (χ3n) is 5.51. The Morgan fingerprint density at radius 2 is 1.72 bits per heavy atom. The van der Waals surface area contributed by atoms with Gasteiger partial charge in [-0.1, -0.05) is 67.6 Å². The molecule has 1 saturated heterocycles. The van der Waals surface area contributed by atoms with Gasteiger partial charge in [0.2, 0.25) is 5.91 Å². The summed E-state index contributed by atoms with van der Waals surface area (Å²) in [6.07, 6.45) is 0.908. The molecule has 2 aromatic rings. The lowest BCUT2D eigenvalue weighted by Crippen LogP contribution is -2.41. The van der Waals surface area contributed by atoms with Gasteiger partial charge in [0.15, 0.2) is 0 Å². The van der Waals surface area contributed by atoms with E-state index < -0.39 is 0 Å².